The Hall–Kier alpha value is -3.28. The third kappa shape index (κ3) is 4.48. The van der Waals surface area contributed by atoms with E-state index in [2.05, 4.69) is 26.3 Å². The number of halogens is 1. The van der Waals surface area contributed by atoms with Gasteiger partial charge in [0.15, 0.2) is 0 Å². The van der Waals surface area contributed by atoms with Crippen LogP contribution in [0.25, 0.3) is 11.3 Å². The third-order valence-corrected chi connectivity index (χ3v) is 5.62. The minimum atomic E-state index is -0.269. The lowest BCUT2D eigenvalue weighted by Gasteiger charge is -2.32. The van der Waals surface area contributed by atoms with Crippen molar-refractivity contribution in [1.82, 2.24) is 9.97 Å². The standard InChI is InChI=1S/C24H25FN4O/c1-16-3-8-21(17(2)13-16)28-24(30)19-9-11-29(12-10-19)23-14-22(26-15-27-23)18-4-6-20(25)7-5-18/h3-8,13-15,19H,9-12H2,1-2H3,(H,28,30). The molecule has 1 aliphatic rings. The number of nitrogens with zero attached hydrogens (tertiary/aromatic N) is 3. The molecule has 6 heteroatoms. The zero-order valence-electron chi connectivity index (χ0n) is 17.2. The number of hydrogen-bond donors (Lipinski definition) is 1. The van der Waals surface area contributed by atoms with Gasteiger partial charge in [-0.05, 0) is 62.6 Å². The van der Waals surface area contributed by atoms with Crippen molar-refractivity contribution in [3.63, 3.8) is 0 Å². The number of rotatable bonds is 4. The van der Waals surface area contributed by atoms with Gasteiger partial charge >= 0.3 is 0 Å². The summed E-state index contributed by atoms with van der Waals surface area (Å²) in [5.41, 5.74) is 4.75. The highest BCUT2D eigenvalue weighted by molar-refractivity contribution is 5.93. The van der Waals surface area contributed by atoms with Crippen LogP contribution in [0.15, 0.2) is 54.9 Å². The van der Waals surface area contributed by atoms with Gasteiger partial charge in [-0.3, -0.25) is 4.79 Å². The maximum Gasteiger partial charge on any atom is 0.227 e. The van der Waals surface area contributed by atoms with Crippen molar-refractivity contribution < 1.29 is 9.18 Å². The second kappa shape index (κ2) is 8.61. The fraction of sp³-hybridized carbons (Fsp3) is 0.292. The molecule has 0 radical (unpaired) electrons. The normalized spacial score (nSPS) is 14.6. The van der Waals surface area contributed by atoms with E-state index in [-0.39, 0.29) is 17.6 Å². The molecule has 0 spiro atoms. The number of carbonyl (C=O) groups excluding carboxylic acids is 1. The van der Waals surface area contributed by atoms with Crippen LogP contribution in [-0.2, 0) is 4.79 Å². The Morgan fingerprint density at radius 3 is 2.47 bits per heavy atom. The summed E-state index contributed by atoms with van der Waals surface area (Å²) in [7, 11) is 0. The average Bonchev–Trinajstić information content (AvgIpc) is 2.76. The maximum atomic E-state index is 13.2. The zero-order chi connectivity index (χ0) is 21.1. The van der Waals surface area contributed by atoms with E-state index >= 15 is 0 Å². The Balaban J connectivity index is 1.39. The second-order valence-electron chi connectivity index (χ2n) is 7.84. The number of aromatic nitrogens is 2. The van der Waals surface area contributed by atoms with Gasteiger partial charge in [-0.15, -0.1) is 0 Å². The zero-order valence-corrected chi connectivity index (χ0v) is 17.2. The molecule has 0 unspecified atom stereocenters. The molecule has 1 saturated heterocycles. The third-order valence-electron chi connectivity index (χ3n) is 5.62. The molecule has 4 rings (SSSR count). The Bertz CT molecular complexity index is 1040. The number of carbonyl (C=O) groups is 1. The van der Waals surface area contributed by atoms with Crippen LogP contribution in [0.5, 0.6) is 0 Å². The molecule has 0 aliphatic carbocycles. The Labute approximate surface area is 176 Å². The molecule has 3 aromatic rings. The van der Waals surface area contributed by atoms with Gasteiger partial charge in [-0.1, -0.05) is 17.7 Å². The molecular weight excluding hydrogens is 379 g/mol. The molecule has 2 aromatic carbocycles. The summed E-state index contributed by atoms with van der Waals surface area (Å²) in [6.07, 6.45) is 3.08. The molecule has 1 amide bonds. The summed E-state index contributed by atoms with van der Waals surface area (Å²) in [5, 5.41) is 3.08. The number of hydrogen-bond acceptors (Lipinski definition) is 4. The van der Waals surface area contributed by atoms with Crippen molar-refractivity contribution in [2.24, 2.45) is 5.92 Å². The van der Waals surface area contributed by atoms with Crippen LogP contribution in [0.3, 0.4) is 0 Å². The molecule has 5 nitrogen and oxygen atoms in total. The summed E-state index contributed by atoms with van der Waals surface area (Å²) in [6.45, 7) is 5.57. The highest BCUT2D eigenvalue weighted by Crippen LogP contribution is 2.26. The smallest absolute Gasteiger partial charge is 0.227 e. The van der Waals surface area contributed by atoms with E-state index in [9.17, 15) is 9.18 Å². The SMILES string of the molecule is Cc1ccc(NC(=O)C2CCN(c3cc(-c4ccc(F)cc4)ncn3)CC2)c(C)c1. The van der Waals surface area contributed by atoms with Gasteiger partial charge in [-0.25, -0.2) is 14.4 Å². The predicted molar refractivity (Wildman–Crippen MR) is 117 cm³/mol. The Morgan fingerprint density at radius 2 is 1.77 bits per heavy atom. The molecule has 30 heavy (non-hydrogen) atoms. The Kier molecular flexibility index (Phi) is 5.74. The molecule has 154 valence electrons. The summed E-state index contributed by atoms with van der Waals surface area (Å²) in [6, 6.07) is 14.3. The maximum absolute atomic E-state index is 13.2. The van der Waals surface area contributed by atoms with Gasteiger partial charge in [0.1, 0.15) is 18.0 Å². The van der Waals surface area contributed by atoms with Crippen LogP contribution in [0.2, 0.25) is 0 Å². The molecule has 0 atom stereocenters. The van der Waals surface area contributed by atoms with E-state index in [1.165, 1.54) is 24.0 Å². The minimum absolute atomic E-state index is 0.0136. The number of amides is 1. The summed E-state index contributed by atoms with van der Waals surface area (Å²) in [4.78, 5) is 23.6. The monoisotopic (exact) mass is 404 g/mol. The molecular formula is C24H25FN4O. The first-order valence-corrected chi connectivity index (χ1v) is 10.2. The lowest BCUT2D eigenvalue weighted by atomic mass is 9.95. The van der Waals surface area contributed by atoms with Gasteiger partial charge in [0.05, 0.1) is 5.69 Å². The van der Waals surface area contributed by atoms with Crippen LogP contribution >= 0.6 is 0 Å². The van der Waals surface area contributed by atoms with E-state index in [0.717, 1.165) is 54.3 Å². The molecule has 0 bridgehead atoms. The number of piperidine rings is 1. The van der Waals surface area contributed by atoms with Crippen LogP contribution in [-0.4, -0.2) is 29.0 Å². The number of anilines is 2. The van der Waals surface area contributed by atoms with Gasteiger partial charge < -0.3 is 10.2 Å². The molecule has 2 heterocycles. The predicted octanol–water partition coefficient (Wildman–Crippen LogP) is 4.75. The fourth-order valence-electron chi connectivity index (χ4n) is 3.86. The lowest BCUT2D eigenvalue weighted by Crippen LogP contribution is -2.38. The molecule has 1 N–H and O–H groups in total. The van der Waals surface area contributed by atoms with Crippen LogP contribution in [0, 0.1) is 25.6 Å². The van der Waals surface area contributed by atoms with E-state index in [4.69, 9.17) is 0 Å². The van der Waals surface area contributed by atoms with E-state index < -0.39 is 0 Å². The van der Waals surface area contributed by atoms with Gasteiger partial charge in [0.25, 0.3) is 0 Å². The molecule has 1 fully saturated rings. The quantitative estimate of drug-likeness (QED) is 0.681. The average molecular weight is 404 g/mol. The first-order valence-electron chi connectivity index (χ1n) is 10.2. The topological polar surface area (TPSA) is 58.1 Å². The van der Waals surface area contributed by atoms with Crippen LogP contribution in [0.1, 0.15) is 24.0 Å². The lowest BCUT2D eigenvalue weighted by molar-refractivity contribution is -0.120. The summed E-state index contributed by atoms with van der Waals surface area (Å²) >= 11 is 0. The van der Waals surface area contributed by atoms with Crippen molar-refractivity contribution in [3.05, 3.63) is 71.8 Å². The van der Waals surface area contributed by atoms with Crippen LogP contribution < -0.4 is 10.2 Å². The van der Waals surface area contributed by atoms with E-state index in [1.807, 2.05) is 32.0 Å². The highest BCUT2D eigenvalue weighted by Gasteiger charge is 2.26. The van der Waals surface area contributed by atoms with Crippen molar-refractivity contribution in [3.8, 4) is 11.3 Å². The first kappa shape index (κ1) is 20.0. The van der Waals surface area contributed by atoms with Crippen molar-refractivity contribution in [2.45, 2.75) is 26.7 Å². The van der Waals surface area contributed by atoms with Crippen molar-refractivity contribution in [2.75, 3.05) is 23.3 Å². The van der Waals surface area contributed by atoms with E-state index in [1.54, 1.807) is 12.1 Å². The summed E-state index contributed by atoms with van der Waals surface area (Å²) in [5.74, 6) is 0.628. The number of benzene rings is 2. The van der Waals surface area contributed by atoms with Gasteiger partial charge in [-0.2, -0.15) is 0 Å². The Morgan fingerprint density at radius 1 is 1.03 bits per heavy atom. The molecule has 1 aromatic heterocycles. The first-order chi connectivity index (χ1) is 14.5. The fourth-order valence-corrected chi connectivity index (χ4v) is 3.86. The number of nitrogens with one attached hydrogen (secondary N) is 1. The molecule has 1 aliphatic heterocycles. The summed E-state index contributed by atoms with van der Waals surface area (Å²) < 4.78 is 13.2. The minimum Gasteiger partial charge on any atom is -0.356 e. The van der Waals surface area contributed by atoms with E-state index in [0.29, 0.717) is 0 Å². The van der Waals surface area contributed by atoms with Crippen molar-refractivity contribution in [1.29, 1.82) is 0 Å². The number of aryl methyl sites for hydroxylation is 2. The van der Waals surface area contributed by atoms with Gasteiger partial charge in [0, 0.05) is 36.3 Å². The highest BCUT2D eigenvalue weighted by atomic mass is 19.1. The van der Waals surface area contributed by atoms with Crippen LogP contribution in [0.4, 0.5) is 15.9 Å². The largest absolute Gasteiger partial charge is 0.356 e. The second-order valence-corrected chi connectivity index (χ2v) is 7.84. The molecule has 0 saturated carbocycles. The van der Waals surface area contributed by atoms with Crippen molar-refractivity contribution >= 4 is 17.4 Å². The van der Waals surface area contributed by atoms with Gasteiger partial charge in [0.2, 0.25) is 5.91 Å².